The van der Waals surface area contributed by atoms with Crippen molar-refractivity contribution < 1.29 is 4.79 Å². The zero-order valence-electron chi connectivity index (χ0n) is 17.9. The van der Waals surface area contributed by atoms with Gasteiger partial charge in [-0.1, -0.05) is 35.4 Å². The van der Waals surface area contributed by atoms with E-state index in [9.17, 15) is 4.79 Å². The number of hydrogen-bond acceptors (Lipinski definition) is 5. The lowest BCUT2D eigenvalue weighted by atomic mass is 10.1. The number of benzene rings is 2. The standard InChI is InChI=1S/C24H21N7O/c1-15-9-16(2)11-18(10-15)24(32)28-21-12-17(3)29-31(21)23-20-13-27-30(22(20)25-14-26-23)19-7-5-4-6-8-19/h4-14H,1-3H3,(H,28,32). The number of nitrogens with zero attached hydrogens (tertiary/aromatic N) is 6. The molecule has 1 amide bonds. The van der Waals surface area contributed by atoms with Crippen LogP contribution in [0.3, 0.4) is 0 Å². The van der Waals surface area contributed by atoms with Crippen LogP contribution in [0.4, 0.5) is 5.82 Å². The Balaban J connectivity index is 1.57. The van der Waals surface area contributed by atoms with Crippen molar-refractivity contribution >= 4 is 22.8 Å². The molecule has 0 aliphatic rings. The number of aryl methyl sites for hydroxylation is 3. The minimum Gasteiger partial charge on any atom is -0.306 e. The monoisotopic (exact) mass is 423 g/mol. The van der Waals surface area contributed by atoms with Crippen molar-refractivity contribution in [2.75, 3.05) is 5.32 Å². The topological polar surface area (TPSA) is 90.5 Å². The van der Waals surface area contributed by atoms with Crippen molar-refractivity contribution in [1.29, 1.82) is 0 Å². The minimum atomic E-state index is -0.205. The van der Waals surface area contributed by atoms with Crippen LogP contribution >= 0.6 is 0 Å². The van der Waals surface area contributed by atoms with E-state index in [2.05, 4.69) is 25.5 Å². The van der Waals surface area contributed by atoms with Crippen molar-refractivity contribution in [3.63, 3.8) is 0 Å². The van der Waals surface area contributed by atoms with Crippen LogP contribution in [0.5, 0.6) is 0 Å². The summed E-state index contributed by atoms with van der Waals surface area (Å²) >= 11 is 0. The summed E-state index contributed by atoms with van der Waals surface area (Å²) in [5, 5.41) is 12.8. The molecule has 0 spiro atoms. The van der Waals surface area contributed by atoms with E-state index in [-0.39, 0.29) is 5.91 Å². The largest absolute Gasteiger partial charge is 0.306 e. The normalized spacial score (nSPS) is 11.1. The smallest absolute Gasteiger partial charge is 0.256 e. The first kappa shape index (κ1) is 19.6. The van der Waals surface area contributed by atoms with Crippen molar-refractivity contribution in [3.8, 4) is 11.5 Å². The number of nitrogens with one attached hydrogen (secondary N) is 1. The summed E-state index contributed by atoms with van der Waals surface area (Å²) in [7, 11) is 0. The summed E-state index contributed by atoms with van der Waals surface area (Å²) in [4.78, 5) is 21.8. The molecule has 158 valence electrons. The first-order chi connectivity index (χ1) is 15.5. The molecule has 0 aliphatic heterocycles. The zero-order valence-corrected chi connectivity index (χ0v) is 17.9. The van der Waals surface area contributed by atoms with Gasteiger partial charge in [0.2, 0.25) is 0 Å². The molecule has 32 heavy (non-hydrogen) atoms. The van der Waals surface area contributed by atoms with Crippen LogP contribution < -0.4 is 5.32 Å². The average molecular weight is 423 g/mol. The number of carbonyl (C=O) groups excluding carboxylic acids is 1. The Kier molecular flexibility index (Phi) is 4.74. The molecule has 8 nitrogen and oxygen atoms in total. The van der Waals surface area contributed by atoms with Gasteiger partial charge in [-0.05, 0) is 45.0 Å². The summed E-state index contributed by atoms with van der Waals surface area (Å²) in [6, 6.07) is 17.3. The number of aromatic nitrogens is 6. The third-order valence-corrected chi connectivity index (χ3v) is 5.10. The van der Waals surface area contributed by atoms with E-state index >= 15 is 0 Å². The molecule has 3 aromatic heterocycles. The van der Waals surface area contributed by atoms with Gasteiger partial charge in [0.1, 0.15) is 12.1 Å². The maximum Gasteiger partial charge on any atom is 0.256 e. The third-order valence-electron chi connectivity index (χ3n) is 5.10. The van der Waals surface area contributed by atoms with E-state index in [0.717, 1.165) is 27.9 Å². The van der Waals surface area contributed by atoms with Crippen LogP contribution in [0, 0.1) is 20.8 Å². The third kappa shape index (κ3) is 3.51. The highest BCUT2D eigenvalue weighted by atomic mass is 16.1. The lowest BCUT2D eigenvalue weighted by Gasteiger charge is -2.10. The Hall–Kier alpha value is -4.33. The highest BCUT2D eigenvalue weighted by molar-refractivity contribution is 6.04. The van der Waals surface area contributed by atoms with Gasteiger partial charge in [0.15, 0.2) is 11.5 Å². The van der Waals surface area contributed by atoms with Gasteiger partial charge < -0.3 is 5.32 Å². The second-order valence-electron chi connectivity index (χ2n) is 7.74. The molecule has 5 rings (SSSR count). The SMILES string of the molecule is Cc1cc(C)cc(C(=O)Nc2cc(C)nn2-c2ncnc3c2cnn3-c2ccccc2)c1. The molecule has 5 aromatic rings. The Morgan fingerprint density at radius 1 is 0.906 bits per heavy atom. The van der Waals surface area contributed by atoms with E-state index < -0.39 is 0 Å². The van der Waals surface area contributed by atoms with Crippen molar-refractivity contribution in [2.24, 2.45) is 0 Å². The highest BCUT2D eigenvalue weighted by Crippen LogP contribution is 2.24. The zero-order chi connectivity index (χ0) is 22.2. The van der Waals surface area contributed by atoms with E-state index in [4.69, 9.17) is 0 Å². The summed E-state index contributed by atoms with van der Waals surface area (Å²) in [6.45, 7) is 5.81. The number of anilines is 1. The first-order valence-electron chi connectivity index (χ1n) is 10.2. The van der Waals surface area contributed by atoms with Crippen LogP contribution in [0.2, 0.25) is 0 Å². The van der Waals surface area contributed by atoms with E-state index in [1.165, 1.54) is 6.33 Å². The molecular weight excluding hydrogens is 402 g/mol. The second-order valence-corrected chi connectivity index (χ2v) is 7.74. The molecule has 0 saturated carbocycles. The van der Waals surface area contributed by atoms with Crippen LogP contribution in [-0.4, -0.2) is 35.4 Å². The second kappa shape index (κ2) is 7.73. The van der Waals surface area contributed by atoms with Crippen molar-refractivity contribution in [3.05, 3.63) is 89.5 Å². The summed E-state index contributed by atoms with van der Waals surface area (Å²) in [5.41, 5.74) is 4.96. The Labute approximate surface area is 184 Å². The summed E-state index contributed by atoms with van der Waals surface area (Å²) in [5.74, 6) is 0.864. The summed E-state index contributed by atoms with van der Waals surface area (Å²) in [6.07, 6.45) is 3.19. The number of fused-ring (bicyclic) bond motifs is 1. The van der Waals surface area contributed by atoms with Gasteiger partial charge >= 0.3 is 0 Å². The molecule has 0 aliphatic carbocycles. The van der Waals surface area contributed by atoms with Crippen LogP contribution in [0.1, 0.15) is 27.2 Å². The molecule has 0 saturated heterocycles. The van der Waals surface area contributed by atoms with Gasteiger partial charge in [-0.15, -0.1) is 0 Å². The van der Waals surface area contributed by atoms with Gasteiger partial charge in [-0.3, -0.25) is 4.79 Å². The molecule has 1 N–H and O–H groups in total. The molecule has 8 heteroatoms. The Morgan fingerprint density at radius 2 is 1.66 bits per heavy atom. The quantitative estimate of drug-likeness (QED) is 0.468. The Morgan fingerprint density at radius 3 is 2.41 bits per heavy atom. The molecule has 0 bridgehead atoms. The number of amides is 1. The molecular formula is C24H21N7O. The van der Waals surface area contributed by atoms with E-state index in [1.54, 1.807) is 15.6 Å². The molecule has 0 unspecified atom stereocenters. The fraction of sp³-hybridized carbons (Fsp3) is 0.125. The van der Waals surface area contributed by atoms with Gasteiger partial charge in [0, 0.05) is 11.6 Å². The van der Waals surface area contributed by atoms with Gasteiger partial charge in [0.05, 0.1) is 23.0 Å². The Bertz CT molecular complexity index is 1430. The van der Waals surface area contributed by atoms with Crippen LogP contribution in [0.15, 0.2) is 67.1 Å². The predicted octanol–water partition coefficient (Wildman–Crippen LogP) is 4.18. The summed E-state index contributed by atoms with van der Waals surface area (Å²) < 4.78 is 3.38. The molecule has 3 heterocycles. The first-order valence-corrected chi connectivity index (χ1v) is 10.2. The van der Waals surface area contributed by atoms with Crippen molar-refractivity contribution in [1.82, 2.24) is 29.5 Å². The number of para-hydroxylation sites is 1. The molecule has 0 radical (unpaired) electrons. The number of carbonyl (C=O) groups is 1. The molecule has 2 aromatic carbocycles. The maximum atomic E-state index is 13.0. The van der Waals surface area contributed by atoms with E-state index in [0.29, 0.717) is 22.8 Å². The fourth-order valence-corrected chi connectivity index (χ4v) is 3.80. The highest BCUT2D eigenvalue weighted by Gasteiger charge is 2.18. The van der Waals surface area contributed by atoms with Gasteiger partial charge in [-0.2, -0.15) is 14.9 Å². The van der Waals surface area contributed by atoms with Crippen LogP contribution in [0.25, 0.3) is 22.5 Å². The van der Waals surface area contributed by atoms with Gasteiger partial charge in [0.25, 0.3) is 5.91 Å². The van der Waals surface area contributed by atoms with Crippen LogP contribution in [-0.2, 0) is 0 Å². The maximum absolute atomic E-state index is 13.0. The van der Waals surface area contributed by atoms with E-state index in [1.807, 2.05) is 75.4 Å². The lowest BCUT2D eigenvalue weighted by molar-refractivity contribution is 0.102. The molecule has 0 fully saturated rings. The van der Waals surface area contributed by atoms with Crippen molar-refractivity contribution in [2.45, 2.75) is 20.8 Å². The minimum absolute atomic E-state index is 0.205. The molecule has 0 atom stereocenters. The number of hydrogen-bond donors (Lipinski definition) is 1. The average Bonchev–Trinajstić information content (AvgIpc) is 3.37. The van der Waals surface area contributed by atoms with Gasteiger partial charge in [-0.25, -0.2) is 14.6 Å². The lowest BCUT2D eigenvalue weighted by Crippen LogP contribution is -2.16. The fourth-order valence-electron chi connectivity index (χ4n) is 3.80. The predicted molar refractivity (Wildman–Crippen MR) is 122 cm³/mol. The number of rotatable bonds is 4.